The van der Waals surface area contributed by atoms with Crippen molar-refractivity contribution in [2.24, 2.45) is 0 Å². The van der Waals surface area contributed by atoms with Crippen LogP contribution in [0.4, 0.5) is 8.78 Å². The third-order valence-corrected chi connectivity index (χ3v) is 7.75. The van der Waals surface area contributed by atoms with Crippen LogP contribution in [0.3, 0.4) is 0 Å². The molecule has 232 valence electrons. The third-order valence-electron chi connectivity index (χ3n) is 7.01. The molecule has 0 amide bonds. The lowest BCUT2D eigenvalue weighted by atomic mass is 10.0. The number of aromatic amines is 1. The lowest BCUT2D eigenvalue weighted by Gasteiger charge is -2.26. The second-order valence-electron chi connectivity index (χ2n) is 9.76. The summed E-state index contributed by atoms with van der Waals surface area (Å²) in [6, 6.07) is 8.77. The zero-order valence-electron chi connectivity index (χ0n) is 23.7. The summed E-state index contributed by atoms with van der Waals surface area (Å²) in [7, 11) is 2.95. The number of carbonyl (C=O) groups is 1. The number of nitrogens with zero attached hydrogens (tertiary/aromatic N) is 1. The average molecular weight is 641 g/mol. The highest BCUT2D eigenvalue weighted by Crippen LogP contribution is 2.36. The van der Waals surface area contributed by atoms with Crippen molar-refractivity contribution in [2.45, 2.75) is 38.4 Å². The minimum Gasteiger partial charge on any atom is -0.493 e. The summed E-state index contributed by atoms with van der Waals surface area (Å²) in [5.74, 6) is -0.188. The number of halogens is 4. The van der Waals surface area contributed by atoms with Gasteiger partial charge in [0.05, 0.1) is 24.8 Å². The van der Waals surface area contributed by atoms with Gasteiger partial charge in [0.15, 0.2) is 23.0 Å². The number of aromatic nitrogens is 1. The number of nitrogens with one attached hydrogen (secondary N) is 1. The van der Waals surface area contributed by atoms with Crippen LogP contribution in [0, 0.1) is 0 Å². The van der Waals surface area contributed by atoms with Crippen molar-refractivity contribution < 1.29 is 37.3 Å². The van der Waals surface area contributed by atoms with Crippen molar-refractivity contribution in [3.63, 3.8) is 0 Å². The van der Waals surface area contributed by atoms with E-state index in [-0.39, 0.29) is 45.7 Å². The molecule has 0 saturated carbocycles. The number of carbonyl (C=O) groups excluding carboxylic acids is 1. The topological polar surface area (TPSA) is 99.3 Å². The predicted molar refractivity (Wildman–Crippen MR) is 157 cm³/mol. The highest BCUT2D eigenvalue weighted by Gasteiger charge is 2.25. The van der Waals surface area contributed by atoms with Gasteiger partial charge in [-0.05, 0) is 61.8 Å². The first-order valence-electron chi connectivity index (χ1n) is 13.6. The van der Waals surface area contributed by atoms with Gasteiger partial charge in [-0.3, -0.25) is 9.69 Å². The smallest absolute Gasteiger partial charge is 0.387 e. The Morgan fingerprint density at radius 3 is 2.40 bits per heavy atom. The summed E-state index contributed by atoms with van der Waals surface area (Å²) in [4.78, 5) is 30.3. The molecule has 1 aliphatic rings. The Morgan fingerprint density at radius 1 is 0.977 bits per heavy atom. The largest absolute Gasteiger partial charge is 0.493 e. The normalized spacial score (nSPS) is 14.3. The van der Waals surface area contributed by atoms with Gasteiger partial charge in [0, 0.05) is 24.7 Å². The van der Waals surface area contributed by atoms with Crippen LogP contribution < -0.4 is 24.5 Å². The number of esters is 1. The van der Waals surface area contributed by atoms with Crippen molar-refractivity contribution in [3.05, 3.63) is 79.7 Å². The minimum absolute atomic E-state index is 0.0184. The van der Waals surface area contributed by atoms with Gasteiger partial charge in [-0.25, -0.2) is 4.79 Å². The first-order valence-corrected chi connectivity index (χ1v) is 14.4. The van der Waals surface area contributed by atoms with Crippen LogP contribution in [-0.4, -0.2) is 62.9 Å². The number of hydrogen-bond acceptors (Lipinski definition) is 8. The third kappa shape index (κ3) is 8.52. The summed E-state index contributed by atoms with van der Waals surface area (Å²) in [6.07, 6.45) is 3.61. The number of alkyl halides is 2. The first-order chi connectivity index (χ1) is 20.7. The maximum absolute atomic E-state index is 13.5. The molecule has 3 aromatic rings. The highest BCUT2D eigenvalue weighted by molar-refractivity contribution is 6.35. The van der Waals surface area contributed by atoms with E-state index >= 15 is 0 Å². The second kappa shape index (κ2) is 15.3. The molecule has 13 heteroatoms. The van der Waals surface area contributed by atoms with E-state index in [1.54, 1.807) is 18.2 Å². The fourth-order valence-corrected chi connectivity index (χ4v) is 5.29. The van der Waals surface area contributed by atoms with E-state index in [2.05, 4.69) is 14.6 Å². The lowest BCUT2D eigenvalue weighted by Crippen LogP contribution is -2.33. The van der Waals surface area contributed by atoms with E-state index < -0.39 is 24.2 Å². The molecule has 9 nitrogen and oxygen atoms in total. The molecule has 1 fully saturated rings. The molecule has 4 rings (SSSR count). The van der Waals surface area contributed by atoms with Crippen molar-refractivity contribution in [1.29, 1.82) is 0 Å². The predicted octanol–water partition coefficient (Wildman–Crippen LogP) is 6.31. The van der Waals surface area contributed by atoms with Gasteiger partial charge in [-0.1, -0.05) is 35.7 Å². The second-order valence-corrected chi connectivity index (χ2v) is 10.5. The Kier molecular flexibility index (Phi) is 11.5. The van der Waals surface area contributed by atoms with Gasteiger partial charge in [0.25, 0.3) is 5.56 Å². The molecule has 1 saturated heterocycles. The molecule has 1 N–H and O–H groups in total. The molecule has 1 aromatic heterocycles. The molecule has 1 atom stereocenters. The maximum atomic E-state index is 13.5. The monoisotopic (exact) mass is 640 g/mol. The number of ether oxygens (including phenoxy) is 5. The molecular formula is C30H32Cl2F2N2O7. The SMILES string of the molecule is COc1ccc(C(Cc2c(Cl)c[nH]c(=O)c2Cl)OC(=O)c2ccc(OC(F)F)c(OCCN3CCCCC3)c2)cc1OC. The van der Waals surface area contributed by atoms with Crippen molar-refractivity contribution in [1.82, 2.24) is 9.88 Å². The lowest BCUT2D eigenvalue weighted by molar-refractivity contribution is -0.0515. The van der Waals surface area contributed by atoms with Crippen LogP contribution >= 0.6 is 23.2 Å². The zero-order chi connectivity index (χ0) is 30.9. The molecular weight excluding hydrogens is 609 g/mol. The first kappa shape index (κ1) is 32.4. The Morgan fingerprint density at radius 2 is 1.70 bits per heavy atom. The van der Waals surface area contributed by atoms with Gasteiger partial charge in [0.2, 0.25) is 0 Å². The van der Waals surface area contributed by atoms with Gasteiger partial charge in [-0.15, -0.1) is 0 Å². The van der Waals surface area contributed by atoms with Crippen molar-refractivity contribution >= 4 is 29.2 Å². The summed E-state index contributed by atoms with van der Waals surface area (Å²) in [5, 5.41) is 0.0240. The maximum Gasteiger partial charge on any atom is 0.387 e. The van der Waals surface area contributed by atoms with Gasteiger partial charge < -0.3 is 28.7 Å². The Hall–Kier alpha value is -3.54. The number of likely N-dealkylation sites (tertiary alicyclic amines) is 1. The molecule has 0 spiro atoms. The number of pyridine rings is 1. The number of hydrogen-bond donors (Lipinski definition) is 1. The summed E-state index contributed by atoms with van der Waals surface area (Å²) >= 11 is 12.6. The van der Waals surface area contributed by atoms with Crippen LogP contribution in [0.15, 0.2) is 47.4 Å². The van der Waals surface area contributed by atoms with E-state index in [1.807, 2.05) is 0 Å². The number of piperidine rings is 1. The van der Waals surface area contributed by atoms with Crippen LogP contribution in [0.2, 0.25) is 10.0 Å². The Labute approximate surface area is 257 Å². The van der Waals surface area contributed by atoms with Crippen LogP contribution in [0.25, 0.3) is 0 Å². The fourth-order valence-electron chi connectivity index (χ4n) is 4.78. The Bertz CT molecular complexity index is 1460. The van der Waals surface area contributed by atoms with Gasteiger partial charge in [-0.2, -0.15) is 8.78 Å². The number of rotatable bonds is 13. The molecule has 0 aliphatic carbocycles. The average Bonchev–Trinajstić information content (AvgIpc) is 3.01. The van der Waals surface area contributed by atoms with Crippen molar-refractivity contribution in [2.75, 3.05) is 40.5 Å². The molecule has 1 unspecified atom stereocenters. The van der Waals surface area contributed by atoms with E-state index in [1.165, 1.54) is 45.0 Å². The van der Waals surface area contributed by atoms with Crippen LogP contribution in [0.1, 0.15) is 46.9 Å². The number of benzene rings is 2. The number of methoxy groups -OCH3 is 2. The van der Waals surface area contributed by atoms with E-state index in [4.69, 9.17) is 42.1 Å². The molecule has 43 heavy (non-hydrogen) atoms. The van der Waals surface area contributed by atoms with E-state index in [0.29, 0.717) is 23.6 Å². The van der Waals surface area contributed by atoms with Crippen molar-refractivity contribution in [3.8, 4) is 23.0 Å². The highest BCUT2D eigenvalue weighted by atomic mass is 35.5. The minimum atomic E-state index is -3.08. The van der Waals surface area contributed by atoms with Gasteiger partial charge in [0.1, 0.15) is 17.7 Å². The number of H-pyrrole nitrogens is 1. The van der Waals surface area contributed by atoms with E-state index in [0.717, 1.165) is 25.9 Å². The molecule has 2 aromatic carbocycles. The van der Waals surface area contributed by atoms with E-state index in [9.17, 15) is 18.4 Å². The fraction of sp³-hybridized carbons (Fsp3) is 0.400. The standard InChI is InChI=1S/C30H32Cl2F2N2O7/c1-39-22-8-6-18(14-25(22)40-2)24(16-20-21(31)17-35-28(37)27(20)32)42-29(38)19-7-9-23(43-30(33)34)26(15-19)41-13-12-36-10-4-3-5-11-36/h6-9,14-15,17,24,30H,3-5,10-13,16H2,1-2H3,(H,35,37). The summed E-state index contributed by atoms with van der Waals surface area (Å²) < 4.78 is 53.3. The molecule has 2 heterocycles. The molecule has 0 bridgehead atoms. The quantitative estimate of drug-likeness (QED) is 0.217. The molecule has 0 radical (unpaired) electrons. The van der Waals surface area contributed by atoms with Crippen LogP contribution in [0.5, 0.6) is 23.0 Å². The van der Waals surface area contributed by atoms with Crippen LogP contribution in [-0.2, 0) is 11.2 Å². The zero-order valence-corrected chi connectivity index (χ0v) is 25.2. The summed E-state index contributed by atoms with van der Waals surface area (Å²) in [5.41, 5.74) is 0.235. The molecule has 1 aliphatic heterocycles. The Balaban J connectivity index is 1.62. The van der Waals surface area contributed by atoms with Gasteiger partial charge >= 0.3 is 12.6 Å². The summed E-state index contributed by atoms with van der Waals surface area (Å²) in [6.45, 7) is -0.391.